The van der Waals surface area contributed by atoms with Crippen molar-refractivity contribution in [2.24, 2.45) is 0 Å². The summed E-state index contributed by atoms with van der Waals surface area (Å²) in [6.07, 6.45) is 1.47. The maximum absolute atomic E-state index is 11.4. The molecule has 2 N–H and O–H groups in total. The minimum Gasteiger partial charge on any atom is -0.476 e. The number of nitrogens with two attached hydrogens (primary N) is 1. The Labute approximate surface area is 88.2 Å². The van der Waals surface area contributed by atoms with Gasteiger partial charge >= 0.3 is 5.97 Å². The first kappa shape index (κ1) is 11.3. The van der Waals surface area contributed by atoms with Crippen molar-refractivity contribution >= 4 is 11.7 Å². The molecule has 1 aromatic heterocycles. The van der Waals surface area contributed by atoms with Gasteiger partial charge in [0.05, 0.1) is 18.8 Å². The Balaban J connectivity index is 2.98. The van der Waals surface area contributed by atoms with Gasteiger partial charge < -0.3 is 15.2 Å². The third kappa shape index (κ3) is 2.59. The van der Waals surface area contributed by atoms with Gasteiger partial charge in [-0.2, -0.15) is 0 Å². The van der Waals surface area contributed by atoms with E-state index in [4.69, 9.17) is 15.2 Å². The standard InChI is InChI=1S/C10H14N2O3/c1-3-14-9-8(11)7(5-6-12-9)10(13)15-4-2/h5-6H,3-4,11H2,1-2H3. The Bertz CT molecular complexity index is 353. The van der Waals surface area contributed by atoms with Crippen LogP contribution < -0.4 is 10.5 Å². The van der Waals surface area contributed by atoms with Crippen molar-refractivity contribution in [2.75, 3.05) is 18.9 Å². The second-order valence-electron chi connectivity index (χ2n) is 2.73. The number of nitrogen functional groups attached to an aromatic ring is 1. The normalized spacial score (nSPS) is 9.73. The molecular weight excluding hydrogens is 196 g/mol. The highest BCUT2D eigenvalue weighted by Gasteiger charge is 2.14. The van der Waals surface area contributed by atoms with Crippen LogP contribution in [0.25, 0.3) is 0 Å². The zero-order chi connectivity index (χ0) is 11.3. The summed E-state index contributed by atoms with van der Waals surface area (Å²) in [4.78, 5) is 15.4. The molecule has 0 spiro atoms. The summed E-state index contributed by atoms with van der Waals surface area (Å²) in [5, 5.41) is 0. The predicted molar refractivity (Wildman–Crippen MR) is 55.8 cm³/mol. The predicted octanol–water partition coefficient (Wildman–Crippen LogP) is 1.24. The van der Waals surface area contributed by atoms with Gasteiger partial charge in [-0.15, -0.1) is 0 Å². The van der Waals surface area contributed by atoms with E-state index in [9.17, 15) is 4.79 Å². The highest BCUT2D eigenvalue weighted by atomic mass is 16.5. The molecule has 5 nitrogen and oxygen atoms in total. The zero-order valence-corrected chi connectivity index (χ0v) is 8.82. The molecule has 1 heterocycles. The van der Waals surface area contributed by atoms with Crippen LogP contribution in [0.5, 0.6) is 5.88 Å². The minimum absolute atomic E-state index is 0.220. The van der Waals surface area contributed by atoms with Crippen LogP contribution >= 0.6 is 0 Å². The molecule has 0 aliphatic carbocycles. The quantitative estimate of drug-likeness (QED) is 0.757. The van der Waals surface area contributed by atoms with Crippen molar-refractivity contribution < 1.29 is 14.3 Å². The lowest BCUT2D eigenvalue weighted by molar-refractivity contribution is 0.0527. The fourth-order valence-corrected chi connectivity index (χ4v) is 1.09. The Hall–Kier alpha value is -1.78. The number of carbonyl (C=O) groups is 1. The highest BCUT2D eigenvalue weighted by Crippen LogP contribution is 2.22. The van der Waals surface area contributed by atoms with Crippen molar-refractivity contribution in [3.05, 3.63) is 17.8 Å². The van der Waals surface area contributed by atoms with E-state index < -0.39 is 5.97 Å². The average molecular weight is 210 g/mol. The lowest BCUT2D eigenvalue weighted by atomic mass is 10.2. The number of ether oxygens (including phenoxy) is 2. The van der Waals surface area contributed by atoms with E-state index in [0.717, 1.165) is 0 Å². The lowest BCUT2D eigenvalue weighted by Gasteiger charge is -2.08. The fourth-order valence-electron chi connectivity index (χ4n) is 1.09. The molecule has 0 atom stereocenters. The highest BCUT2D eigenvalue weighted by molar-refractivity contribution is 5.96. The van der Waals surface area contributed by atoms with Crippen LogP contribution in [0, 0.1) is 0 Å². The van der Waals surface area contributed by atoms with Crippen molar-refractivity contribution in [1.29, 1.82) is 0 Å². The second-order valence-corrected chi connectivity index (χ2v) is 2.73. The van der Waals surface area contributed by atoms with Crippen molar-refractivity contribution in [3.63, 3.8) is 0 Å². The summed E-state index contributed by atoms with van der Waals surface area (Å²) < 4.78 is 10.0. The number of pyridine rings is 1. The van der Waals surface area contributed by atoms with Gasteiger partial charge in [-0.3, -0.25) is 0 Å². The minimum atomic E-state index is -0.460. The zero-order valence-electron chi connectivity index (χ0n) is 8.82. The number of hydrogen-bond acceptors (Lipinski definition) is 5. The summed E-state index contributed by atoms with van der Waals surface area (Å²) in [6.45, 7) is 4.31. The van der Waals surface area contributed by atoms with Gasteiger partial charge in [-0.1, -0.05) is 0 Å². The van der Waals surface area contributed by atoms with Crippen molar-refractivity contribution in [2.45, 2.75) is 13.8 Å². The SMILES string of the molecule is CCOC(=O)c1ccnc(OCC)c1N. The van der Waals surface area contributed by atoms with Gasteiger partial charge in [0.25, 0.3) is 0 Å². The Kier molecular flexibility index (Phi) is 3.91. The Morgan fingerprint density at radius 3 is 2.80 bits per heavy atom. The maximum atomic E-state index is 11.4. The molecule has 0 saturated carbocycles. The van der Waals surface area contributed by atoms with Crippen molar-refractivity contribution in [1.82, 2.24) is 4.98 Å². The summed E-state index contributed by atoms with van der Waals surface area (Å²) in [5.41, 5.74) is 6.22. The first-order chi connectivity index (χ1) is 7.20. The van der Waals surface area contributed by atoms with E-state index in [-0.39, 0.29) is 17.1 Å². The fraction of sp³-hybridized carbons (Fsp3) is 0.400. The van der Waals surface area contributed by atoms with Crippen LogP contribution in [0.4, 0.5) is 5.69 Å². The molecule has 0 fully saturated rings. The molecular formula is C10H14N2O3. The van der Waals surface area contributed by atoms with Gasteiger partial charge in [0, 0.05) is 6.20 Å². The number of esters is 1. The third-order valence-electron chi connectivity index (χ3n) is 1.73. The molecule has 1 rings (SSSR count). The number of hydrogen-bond donors (Lipinski definition) is 1. The van der Waals surface area contributed by atoms with Gasteiger partial charge in [0.2, 0.25) is 5.88 Å². The van der Waals surface area contributed by atoms with E-state index in [1.807, 2.05) is 6.92 Å². The van der Waals surface area contributed by atoms with Crippen LogP contribution in [0.2, 0.25) is 0 Å². The van der Waals surface area contributed by atoms with E-state index in [1.54, 1.807) is 6.92 Å². The van der Waals surface area contributed by atoms with E-state index in [0.29, 0.717) is 13.2 Å². The Morgan fingerprint density at radius 1 is 1.47 bits per heavy atom. The maximum Gasteiger partial charge on any atom is 0.340 e. The summed E-state index contributed by atoms with van der Waals surface area (Å²) in [6, 6.07) is 1.51. The molecule has 0 saturated heterocycles. The topological polar surface area (TPSA) is 74.4 Å². The lowest BCUT2D eigenvalue weighted by Crippen LogP contribution is -2.10. The Morgan fingerprint density at radius 2 is 2.20 bits per heavy atom. The number of rotatable bonds is 4. The summed E-state index contributed by atoms with van der Waals surface area (Å²) in [5.74, 6) is -0.193. The largest absolute Gasteiger partial charge is 0.476 e. The summed E-state index contributed by atoms with van der Waals surface area (Å²) >= 11 is 0. The number of aromatic nitrogens is 1. The van der Waals surface area contributed by atoms with Crippen LogP contribution in [0.15, 0.2) is 12.3 Å². The molecule has 0 aromatic carbocycles. The van der Waals surface area contributed by atoms with Crippen LogP contribution in [0.1, 0.15) is 24.2 Å². The van der Waals surface area contributed by atoms with Crippen LogP contribution in [0.3, 0.4) is 0 Å². The molecule has 0 bridgehead atoms. The molecule has 1 aromatic rings. The first-order valence-electron chi connectivity index (χ1n) is 4.75. The molecule has 0 aliphatic rings. The van der Waals surface area contributed by atoms with E-state index in [1.165, 1.54) is 12.3 Å². The molecule has 15 heavy (non-hydrogen) atoms. The molecule has 82 valence electrons. The molecule has 0 unspecified atom stereocenters. The van der Waals surface area contributed by atoms with Crippen LogP contribution in [-0.4, -0.2) is 24.2 Å². The number of nitrogens with zero attached hydrogens (tertiary/aromatic N) is 1. The monoisotopic (exact) mass is 210 g/mol. The molecule has 5 heteroatoms. The van der Waals surface area contributed by atoms with Gasteiger partial charge in [-0.05, 0) is 19.9 Å². The molecule has 0 amide bonds. The molecule has 0 radical (unpaired) electrons. The first-order valence-corrected chi connectivity index (χ1v) is 4.75. The van der Waals surface area contributed by atoms with Crippen LogP contribution in [-0.2, 0) is 4.74 Å². The number of anilines is 1. The number of carbonyl (C=O) groups excluding carboxylic acids is 1. The van der Waals surface area contributed by atoms with Gasteiger partial charge in [0.15, 0.2) is 0 Å². The second kappa shape index (κ2) is 5.19. The van der Waals surface area contributed by atoms with E-state index in [2.05, 4.69) is 4.98 Å². The smallest absolute Gasteiger partial charge is 0.340 e. The van der Waals surface area contributed by atoms with E-state index >= 15 is 0 Å². The van der Waals surface area contributed by atoms with Gasteiger partial charge in [-0.25, -0.2) is 9.78 Å². The average Bonchev–Trinajstić information content (AvgIpc) is 2.22. The van der Waals surface area contributed by atoms with Crippen molar-refractivity contribution in [3.8, 4) is 5.88 Å². The third-order valence-corrected chi connectivity index (χ3v) is 1.73. The summed E-state index contributed by atoms with van der Waals surface area (Å²) in [7, 11) is 0. The molecule has 0 aliphatic heterocycles. The van der Waals surface area contributed by atoms with Gasteiger partial charge in [0.1, 0.15) is 5.69 Å².